The summed E-state index contributed by atoms with van der Waals surface area (Å²) in [6.07, 6.45) is 5.02. The van der Waals surface area contributed by atoms with Gasteiger partial charge in [0.25, 0.3) is 0 Å². The second-order valence-corrected chi connectivity index (χ2v) is 5.36. The number of hydrogen-bond acceptors (Lipinski definition) is 4. The molecule has 1 aliphatic heterocycles. The van der Waals surface area contributed by atoms with Gasteiger partial charge in [-0.1, -0.05) is 11.6 Å². The van der Waals surface area contributed by atoms with Crippen molar-refractivity contribution >= 4 is 11.9 Å². The molecule has 2 atom stereocenters. The molecule has 1 aromatic rings. The van der Waals surface area contributed by atoms with Gasteiger partial charge < -0.3 is 10.0 Å². The molecule has 3 rings (SSSR count). The number of carbonyl (C=O) groups is 2. The first kappa shape index (κ1) is 12.1. The van der Waals surface area contributed by atoms with Crippen LogP contribution < -0.4 is 0 Å². The average Bonchev–Trinajstić information content (AvgIpc) is 3.02. The lowest BCUT2D eigenvalue weighted by Crippen LogP contribution is -2.32. The van der Waals surface area contributed by atoms with Crippen LogP contribution in [0.5, 0.6) is 0 Å². The number of amides is 1. The van der Waals surface area contributed by atoms with Crippen molar-refractivity contribution in [2.45, 2.75) is 25.8 Å². The maximum Gasteiger partial charge on any atom is 0.358 e. The fourth-order valence-corrected chi connectivity index (χ4v) is 3.15. The van der Waals surface area contributed by atoms with Gasteiger partial charge in [0.05, 0.1) is 6.20 Å². The van der Waals surface area contributed by atoms with E-state index in [1.165, 1.54) is 30.1 Å². The summed E-state index contributed by atoms with van der Waals surface area (Å²) in [6, 6.07) is 0. The summed E-state index contributed by atoms with van der Waals surface area (Å²) in [7, 11) is 0. The molecule has 1 N–H and O–H groups in total. The number of carboxylic acids is 1. The van der Waals surface area contributed by atoms with Gasteiger partial charge in [-0.2, -0.15) is 0 Å². The zero-order chi connectivity index (χ0) is 13.4. The number of fused-ring (bicyclic) bond motifs is 1. The van der Waals surface area contributed by atoms with Crippen molar-refractivity contribution < 1.29 is 14.7 Å². The predicted molar refractivity (Wildman–Crippen MR) is 64.4 cm³/mol. The number of likely N-dealkylation sites (tertiary alicyclic amines) is 1. The minimum absolute atomic E-state index is 0.00348. The number of nitrogens with zero attached hydrogens (tertiary/aromatic N) is 4. The number of carbonyl (C=O) groups excluding carboxylic acids is 1. The van der Waals surface area contributed by atoms with Gasteiger partial charge in [-0.25, -0.2) is 9.48 Å². The van der Waals surface area contributed by atoms with Crippen LogP contribution in [0.25, 0.3) is 0 Å². The quantitative estimate of drug-likeness (QED) is 0.844. The van der Waals surface area contributed by atoms with E-state index in [0.717, 1.165) is 13.1 Å². The van der Waals surface area contributed by atoms with Gasteiger partial charge in [-0.15, -0.1) is 5.10 Å². The molecule has 2 heterocycles. The average molecular weight is 264 g/mol. The Bertz CT molecular complexity index is 501. The molecule has 1 aromatic heterocycles. The summed E-state index contributed by atoms with van der Waals surface area (Å²) >= 11 is 0. The molecule has 1 aliphatic carbocycles. The van der Waals surface area contributed by atoms with Gasteiger partial charge in [0.1, 0.15) is 6.54 Å². The van der Waals surface area contributed by atoms with Crippen LogP contribution in [0, 0.1) is 11.8 Å². The molecular formula is C12H16N4O3. The van der Waals surface area contributed by atoms with Crippen molar-refractivity contribution in [2.75, 3.05) is 13.1 Å². The normalized spacial score (nSPS) is 25.6. The first-order chi connectivity index (χ1) is 9.13. The fourth-order valence-electron chi connectivity index (χ4n) is 3.15. The molecule has 0 bridgehead atoms. The number of rotatable bonds is 3. The van der Waals surface area contributed by atoms with E-state index in [0.29, 0.717) is 11.8 Å². The van der Waals surface area contributed by atoms with Crippen LogP contribution in [-0.4, -0.2) is 50.0 Å². The third kappa shape index (κ3) is 2.32. The summed E-state index contributed by atoms with van der Waals surface area (Å²) < 4.78 is 1.29. The highest BCUT2D eigenvalue weighted by Crippen LogP contribution is 2.37. The molecular weight excluding hydrogens is 248 g/mol. The fraction of sp³-hybridized carbons (Fsp3) is 0.667. The predicted octanol–water partition coefficient (Wildman–Crippen LogP) is 0.235. The minimum atomic E-state index is -1.13. The van der Waals surface area contributed by atoms with Gasteiger partial charge in [-0.05, 0) is 24.7 Å². The molecule has 1 saturated carbocycles. The van der Waals surface area contributed by atoms with E-state index in [4.69, 9.17) is 5.11 Å². The van der Waals surface area contributed by atoms with Crippen molar-refractivity contribution in [3.8, 4) is 0 Å². The summed E-state index contributed by atoms with van der Waals surface area (Å²) in [4.78, 5) is 24.7. The summed E-state index contributed by atoms with van der Waals surface area (Å²) in [5, 5.41) is 15.9. The molecule has 0 aromatic carbocycles. The van der Waals surface area contributed by atoms with E-state index in [1.54, 1.807) is 0 Å². The minimum Gasteiger partial charge on any atom is -0.476 e. The Hall–Kier alpha value is -1.92. The first-order valence-corrected chi connectivity index (χ1v) is 6.54. The Morgan fingerprint density at radius 1 is 1.32 bits per heavy atom. The van der Waals surface area contributed by atoms with Crippen LogP contribution in [0.3, 0.4) is 0 Å². The van der Waals surface area contributed by atoms with Crippen LogP contribution in [0.4, 0.5) is 0 Å². The van der Waals surface area contributed by atoms with Gasteiger partial charge in [0.2, 0.25) is 5.91 Å². The Balaban J connectivity index is 1.60. The van der Waals surface area contributed by atoms with E-state index in [1.807, 2.05) is 4.90 Å². The molecule has 19 heavy (non-hydrogen) atoms. The lowest BCUT2D eigenvalue weighted by molar-refractivity contribution is -0.131. The van der Waals surface area contributed by atoms with Crippen LogP contribution in [-0.2, 0) is 11.3 Å². The van der Waals surface area contributed by atoms with Crippen molar-refractivity contribution in [1.29, 1.82) is 0 Å². The second-order valence-electron chi connectivity index (χ2n) is 5.36. The van der Waals surface area contributed by atoms with Gasteiger partial charge in [0, 0.05) is 13.1 Å². The SMILES string of the molecule is O=C(O)c1cn(CC(=O)N2CC3CCCC3C2)nn1. The lowest BCUT2D eigenvalue weighted by atomic mass is 10.0. The van der Waals surface area contributed by atoms with Crippen LogP contribution in [0.1, 0.15) is 29.8 Å². The van der Waals surface area contributed by atoms with Gasteiger partial charge in [0.15, 0.2) is 5.69 Å². The lowest BCUT2D eigenvalue weighted by Gasteiger charge is -2.16. The highest BCUT2D eigenvalue weighted by molar-refractivity contribution is 5.84. The highest BCUT2D eigenvalue weighted by atomic mass is 16.4. The maximum atomic E-state index is 12.1. The molecule has 0 radical (unpaired) electrons. The summed E-state index contributed by atoms with van der Waals surface area (Å²) in [6.45, 7) is 1.74. The van der Waals surface area contributed by atoms with E-state index < -0.39 is 5.97 Å². The molecule has 7 nitrogen and oxygen atoms in total. The molecule has 7 heteroatoms. The smallest absolute Gasteiger partial charge is 0.358 e. The molecule has 2 fully saturated rings. The Kier molecular flexibility index (Phi) is 2.96. The number of hydrogen-bond donors (Lipinski definition) is 1. The van der Waals surface area contributed by atoms with Crippen molar-refractivity contribution in [3.63, 3.8) is 0 Å². The number of aromatic nitrogens is 3. The molecule has 2 unspecified atom stereocenters. The highest BCUT2D eigenvalue weighted by Gasteiger charge is 2.37. The maximum absolute atomic E-state index is 12.1. The topological polar surface area (TPSA) is 88.3 Å². The molecule has 102 valence electrons. The van der Waals surface area contributed by atoms with E-state index >= 15 is 0 Å². The Labute approximate surface area is 110 Å². The largest absolute Gasteiger partial charge is 0.476 e. The molecule has 1 amide bonds. The summed E-state index contributed by atoms with van der Waals surface area (Å²) in [5.41, 5.74) is -0.133. The molecule has 0 spiro atoms. The Morgan fingerprint density at radius 2 is 2.00 bits per heavy atom. The van der Waals surface area contributed by atoms with Gasteiger partial charge >= 0.3 is 5.97 Å². The van der Waals surface area contributed by atoms with Crippen LogP contribution in [0.2, 0.25) is 0 Å². The first-order valence-electron chi connectivity index (χ1n) is 6.54. The van der Waals surface area contributed by atoms with Crippen molar-refractivity contribution in [3.05, 3.63) is 11.9 Å². The third-order valence-corrected chi connectivity index (χ3v) is 4.13. The number of carboxylic acid groups (broad SMARTS) is 1. The van der Waals surface area contributed by atoms with Crippen molar-refractivity contribution in [2.24, 2.45) is 11.8 Å². The standard InChI is InChI=1S/C12H16N4O3/c17-11(7-16-6-10(12(18)19)13-14-16)15-4-8-2-1-3-9(8)5-15/h6,8-9H,1-5,7H2,(H,18,19). The molecule has 1 saturated heterocycles. The third-order valence-electron chi connectivity index (χ3n) is 4.13. The van der Waals surface area contributed by atoms with E-state index in [2.05, 4.69) is 10.3 Å². The summed E-state index contributed by atoms with van der Waals surface area (Å²) in [5.74, 6) is 0.189. The Morgan fingerprint density at radius 3 is 2.58 bits per heavy atom. The number of aromatic carboxylic acids is 1. The molecule has 2 aliphatic rings. The van der Waals surface area contributed by atoms with Crippen molar-refractivity contribution in [1.82, 2.24) is 19.9 Å². The zero-order valence-corrected chi connectivity index (χ0v) is 10.5. The van der Waals surface area contributed by atoms with Crippen LogP contribution in [0.15, 0.2) is 6.20 Å². The monoisotopic (exact) mass is 264 g/mol. The van der Waals surface area contributed by atoms with E-state index in [-0.39, 0.29) is 18.1 Å². The van der Waals surface area contributed by atoms with E-state index in [9.17, 15) is 9.59 Å². The zero-order valence-electron chi connectivity index (χ0n) is 10.5. The van der Waals surface area contributed by atoms with Crippen LogP contribution >= 0.6 is 0 Å². The second kappa shape index (κ2) is 4.64. The van der Waals surface area contributed by atoms with Gasteiger partial charge in [-0.3, -0.25) is 4.79 Å².